The lowest BCUT2D eigenvalue weighted by atomic mass is 9.82. The number of esters is 2. The molecule has 34 heavy (non-hydrogen) atoms. The zero-order chi connectivity index (χ0) is 23.9. The summed E-state index contributed by atoms with van der Waals surface area (Å²) >= 11 is 0. The summed E-state index contributed by atoms with van der Waals surface area (Å²) in [7, 11) is 2.72. The van der Waals surface area contributed by atoms with E-state index in [0.717, 1.165) is 36.8 Å². The van der Waals surface area contributed by atoms with E-state index in [1.54, 1.807) is 0 Å². The van der Waals surface area contributed by atoms with E-state index in [9.17, 15) is 9.59 Å². The second-order valence-electron chi connectivity index (χ2n) is 8.64. The van der Waals surface area contributed by atoms with Gasteiger partial charge in [0.15, 0.2) is 0 Å². The van der Waals surface area contributed by atoms with E-state index in [1.165, 1.54) is 20.6 Å². The Balaban J connectivity index is 1.74. The van der Waals surface area contributed by atoms with Gasteiger partial charge in [0.25, 0.3) is 0 Å². The molecule has 1 fully saturated rings. The fraction of sp³-hybridized carbons (Fsp3) is 0.357. The molecule has 2 aliphatic rings. The minimum atomic E-state index is -0.660. The van der Waals surface area contributed by atoms with Crippen molar-refractivity contribution in [2.75, 3.05) is 14.2 Å². The highest BCUT2D eigenvalue weighted by Gasteiger charge is 2.38. The summed E-state index contributed by atoms with van der Waals surface area (Å²) in [6.45, 7) is 0.368. The Kier molecular flexibility index (Phi) is 7.68. The molecule has 0 aromatic heterocycles. The molecular formula is C28H31NO5. The van der Waals surface area contributed by atoms with Crippen molar-refractivity contribution in [1.29, 1.82) is 0 Å². The molecule has 0 radical (unpaired) electrons. The quantitative estimate of drug-likeness (QED) is 0.534. The zero-order valence-corrected chi connectivity index (χ0v) is 19.7. The van der Waals surface area contributed by atoms with Crippen LogP contribution in [0.4, 0.5) is 0 Å². The van der Waals surface area contributed by atoms with E-state index in [-0.39, 0.29) is 6.04 Å². The zero-order valence-electron chi connectivity index (χ0n) is 19.7. The van der Waals surface area contributed by atoms with E-state index in [4.69, 9.17) is 14.2 Å². The number of ether oxygens (including phenoxy) is 3. The van der Waals surface area contributed by atoms with E-state index in [0.29, 0.717) is 23.5 Å². The van der Waals surface area contributed by atoms with Crippen molar-refractivity contribution in [1.82, 2.24) is 4.90 Å². The molecule has 1 aliphatic heterocycles. The smallest absolute Gasteiger partial charge is 0.336 e. The van der Waals surface area contributed by atoms with E-state index in [1.807, 2.05) is 71.9 Å². The first-order valence-electron chi connectivity index (χ1n) is 11.8. The number of hydrogen-bond donors (Lipinski definition) is 0. The van der Waals surface area contributed by atoms with Crippen LogP contribution in [0.5, 0.6) is 5.75 Å². The number of benzene rings is 2. The van der Waals surface area contributed by atoms with Crippen LogP contribution in [0.15, 0.2) is 78.1 Å². The standard InChI is InChI=1S/C28H31NO5/c1-32-27(30)23-17-29(21-13-7-4-8-14-21)18-24(28(31)33-2)26(23)22-15-9-10-16-25(22)34-19-20-11-5-3-6-12-20/h3,5-6,9-12,15-18,21,26H,4,7-8,13-14,19H2,1-2H3. The molecule has 1 heterocycles. The highest BCUT2D eigenvalue weighted by atomic mass is 16.5. The van der Waals surface area contributed by atoms with Crippen LogP contribution in [0.1, 0.15) is 49.1 Å². The second-order valence-corrected chi connectivity index (χ2v) is 8.64. The summed E-state index contributed by atoms with van der Waals surface area (Å²) in [5.41, 5.74) is 2.53. The summed E-state index contributed by atoms with van der Waals surface area (Å²) in [6.07, 6.45) is 9.17. The van der Waals surface area contributed by atoms with Gasteiger partial charge < -0.3 is 19.1 Å². The van der Waals surface area contributed by atoms with Gasteiger partial charge >= 0.3 is 11.9 Å². The SMILES string of the molecule is COC(=O)C1=CN(C2CCCCC2)C=C(C(=O)OC)C1c1ccccc1OCc1ccccc1. The lowest BCUT2D eigenvalue weighted by Gasteiger charge is -2.36. The molecule has 0 unspecified atom stereocenters. The van der Waals surface area contributed by atoms with Gasteiger partial charge in [-0.15, -0.1) is 0 Å². The Morgan fingerprint density at radius 2 is 1.41 bits per heavy atom. The minimum Gasteiger partial charge on any atom is -0.489 e. The topological polar surface area (TPSA) is 65.1 Å². The molecule has 0 atom stereocenters. The molecule has 6 heteroatoms. The maximum absolute atomic E-state index is 13.0. The van der Waals surface area contributed by atoms with Crippen LogP contribution in [0.2, 0.25) is 0 Å². The van der Waals surface area contributed by atoms with Gasteiger partial charge in [0, 0.05) is 24.0 Å². The van der Waals surface area contributed by atoms with Crippen LogP contribution in [-0.2, 0) is 25.7 Å². The van der Waals surface area contributed by atoms with Crippen molar-refractivity contribution in [3.05, 3.63) is 89.3 Å². The third-order valence-corrected chi connectivity index (χ3v) is 6.50. The predicted molar refractivity (Wildman–Crippen MR) is 129 cm³/mol. The average Bonchev–Trinajstić information content (AvgIpc) is 2.91. The third-order valence-electron chi connectivity index (χ3n) is 6.50. The molecule has 6 nitrogen and oxygen atoms in total. The van der Waals surface area contributed by atoms with Crippen LogP contribution in [0.3, 0.4) is 0 Å². The Bertz CT molecular complexity index is 1040. The number of hydrogen-bond acceptors (Lipinski definition) is 6. The van der Waals surface area contributed by atoms with Gasteiger partial charge in [-0.05, 0) is 24.5 Å². The number of para-hydroxylation sites is 1. The highest BCUT2D eigenvalue weighted by molar-refractivity contribution is 5.98. The number of rotatable bonds is 7. The molecule has 1 aliphatic carbocycles. The Labute approximate surface area is 200 Å². The maximum Gasteiger partial charge on any atom is 0.336 e. The van der Waals surface area contributed by atoms with Crippen molar-refractivity contribution >= 4 is 11.9 Å². The van der Waals surface area contributed by atoms with Gasteiger partial charge in [-0.2, -0.15) is 0 Å². The molecular weight excluding hydrogens is 430 g/mol. The third kappa shape index (κ3) is 5.16. The van der Waals surface area contributed by atoms with E-state index < -0.39 is 17.9 Å². The molecule has 0 amide bonds. The van der Waals surface area contributed by atoms with Gasteiger partial charge in [-0.25, -0.2) is 9.59 Å². The molecule has 4 rings (SSSR count). The largest absolute Gasteiger partial charge is 0.489 e. The van der Waals surface area contributed by atoms with Gasteiger partial charge in [-0.3, -0.25) is 0 Å². The molecule has 0 bridgehead atoms. The number of methoxy groups -OCH3 is 2. The predicted octanol–water partition coefficient (Wildman–Crippen LogP) is 5.11. The fourth-order valence-corrected chi connectivity index (χ4v) is 4.76. The monoisotopic (exact) mass is 461 g/mol. The molecule has 0 saturated heterocycles. The first-order valence-corrected chi connectivity index (χ1v) is 11.8. The minimum absolute atomic E-state index is 0.235. The van der Waals surface area contributed by atoms with Gasteiger partial charge in [0.05, 0.1) is 31.3 Å². The summed E-state index contributed by atoms with van der Waals surface area (Å²) in [4.78, 5) is 28.0. The highest BCUT2D eigenvalue weighted by Crippen LogP contribution is 2.42. The maximum atomic E-state index is 13.0. The Hall–Kier alpha value is -3.54. The average molecular weight is 462 g/mol. The summed E-state index contributed by atoms with van der Waals surface area (Å²) < 4.78 is 16.5. The molecule has 2 aromatic rings. The molecule has 0 spiro atoms. The molecule has 2 aromatic carbocycles. The second kappa shape index (κ2) is 11.1. The lowest BCUT2D eigenvalue weighted by Crippen LogP contribution is -2.35. The van der Waals surface area contributed by atoms with Gasteiger partial charge in [0.1, 0.15) is 12.4 Å². The van der Waals surface area contributed by atoms with Gasteiger partial charge in [0.2, 0.25) is 0 Å². The van der Waals surface area contributed by atoms with Crippen LogP contribution >= 0.6 is 0 Å². The van der Waals surface area contributed by atoms with Crippen molar-refractivity contribution in [2.24, 2.45) is 0 Å². The van der Waals surface area contributed by atoms with Crippen molar-refractivity contribution in [3.63, 3.8) is 0 Å². The molecule has 0 N–H and O–H groups in total. The van der Waals surface area contributed by atoms with Crippen LogP contribution < -0.4 is 4.74 Å². The Morgan fingerprint density at radius 1 is 0.824 bits per heavy atom. The van der Waals surface area contributed by atoms with Crippen molar-refractivity contribution in [2.45, 2.75) is 50.7 Å². The molecule has 178 valence electrons. The summed E-state index contributed by atoms with van der Waals surface area (Å²) in [5, 5.41) is 0. The van der Waals surface area contributed by atoms with Gasteiger partial charge in [-0.1, -0.05) is 67.8 Å². The van der Waals surface area contributed by atoms with Crippen molar-refractivity contribution in [3.8, 4) is 5.75 Å². The van der Waals surface area contributed by atoms with Crippen LogP contribution in [0.25, 0.3) is 0 Å². The first kappa shape index (κ1) is 23.6. The van der Waals surface area contributed by atoms with E-state index in [2.05, 4.69) is 0 Å². The number of carbonyl (C=O) groups excluding carboxylic acids is 2. The van der Waals surface area contributed by atoms with Crippen molar-refractivity contribution < 1.29 is 23.8 Å². The summed E-state index contributed by atoms with van der Waals surface area (Å²) in [6, 6.07) is 17.6. The first-order chi connectivity index (χ1) is 16.6. The fourth-order valence-electron chi connectivity index (χ4n) is 4.76. The normalized spacial score (nSPS) is 16.9. The number of nitrogens with zero attached hydrogens (tertiary/aromatic N) is 1. The lowest BCUT2D eigenvalue weighted by molar-refractivity contribution is -0.137. The summed E-state index contributed by atoms with van der Waals surface area (Å²) in [5.74, 6) is -1.00. The number of carbonyl (C=O) groups is 2. The van der Waals surface area contributed by atoms with E-state index >= 15 is 0 Å². The van der Waals surface area contributed by atoms with Crippen LogP contribution in [-0.4, -0.2) is 37.1 Å². The Morgan fingerprint density at radius 3 is 2.03 bits per heavy atom. The molecule has 1 saturated carbocycles. The van der Waals surface area contributed by atoms with Crippen LogP contribution in [0, 0.1) is 0 Å².